The fourth-order valence-corrected chi connectivity index (χ4v) is 2.61. The molecule has 1 aromatic carbocycles. The van der Waals surface area contributed by atoms with Crippen molar-refractivity contribution >= 4 is 28.5 Å². The second-order valence-electron chi connectivity index (χ2n) is 5.15. The van der Waals surface area contributed by atoms with Gasteiger partial charge in [-0.1, -0.05) is 17.7 Å². The number of carbonyl (C=O) groups is 1. The normalized spacial score (nSPS) is 10.8. The molecule has 0 saturated heterocycles. The molecule has 0 radical (unpaired) electrons. The Labute approximate surface area is 144 Å². The van der Waals surface area contributed by atoms with Crippen LogP contribution in [0, 0.1) is 6.92 Å². The van der Waals surface area contributed by atoms with Gasteiger partial charge < -0.3 is 13.9 Å². The molecule has 3 aromatic rings. The summed E-state index contributed by atoms with van der Waals surface area (Å²) in [5.74, 6) is 0.728. The lowest BCUT2D eigenvalue weighted by atomic mass is 10.1. The number of aryl methyl sites for hydroxylation is 1. The molecule has 0 atom stereocenters. The molecule has 2 aromatic heterocycles. The summed E-state index contributed by atoms with van der Waals surface area (Å²) >= 11 is 6.02. The van der Waals surface area contributed by atoms with E-state index in [1.807, 2.05) is 6.07 Å². The maximum absolute atomic E-state index is 12.1. The lowest BCUT2D eigenvalue weighted by molar-refractivity contribution is 0.0526. The molecular formula is C18H16ClNO4. The van der Waals surface area contributed by atoms with Gasteiger partial charge in [-0.15, -0.1) is 0 Å². The van der Waals surface area contributed by atoms with Crippen molar-refractivity contribution in [1.82, 2.24) is 4.98 Å². The fourth-order valence-electron chi connectivity index (χ4n) is 2.43. The summed E-state index contributed by atoms with van der Waals surface area (Å²) in [6.07, 6.45) is 1.62. The van der Waals surface area contributed by atoms with Crippen LogP contribution in [0.15, 0.2) is 40.9 Å². The molecule has 5 nitrogen and oxygen atoms in total. The lowest BCUT2D eigenvalue weighted by Crippen LogP contribution is -2.05. The third-order valence-corrected chi connectivity index (χ3v) is 3.89. The molecule has 24 heavy (non-hydrogen) atoms. The van der Waals surface area contributed by atoms with Crippen LogP contribution in [0.1, 0.15) is 28.6 Å². The molecule has 0 fully saturated rings. The number of hydrogen-bond acceptors (Lipinski definition) is 5. The largest absolute Gasteiger partial charge is 0.489 e. The predicted molar refractivity (Wildman–Crippen MR) is 90.5 cm³/mol. The summed E-state index contributed by atoms with van der Waals surface area (Å²) in [7, 11) is 0. The summed E-state index contributed by atoms with van der Waals surface area (Å²) < 4.78 is 16.5. The quantitative estimate of drug-likeness (QED) is 0.501. The molecule has 6 heteroatoms. The number of hydrogen-bond donors (Lipinski definition) is 0. The Morgan fingerprint density at radius 3 is 2.92 bits per heavy atom. The van der Waals surface area contributed by atoms with Crippen LogP contribution in [-0.4, -0.2) is 17.6 Å². The molecule has 0 spiro atoms. The molecule has 0 aliphatic heterocycles. The van der Waals surface area contributed by atoms with Crippen molar-refractivity contribution in [2.45, 2.75) is 20.5 Å². The zero-order chi connectivity index (χ0) is 17.1. The van der Waals surface area contributed by atoms with Gasteiger partial charge >= 0.3 is 5.97 Å². The number of halogens is 1. The van der Waals surface area contributed by atoms with E-state index in [2.05, 4.69) is 4.98 Å². The molecule has 2 heterocycles. The highest BCUT2D eigenvalue weighted by Crippen LogP contribution is 2.30. The summed E-state index contributed by atoms with van der Waals surface area (Å²) in [5, 5.41) is 1.07. The molecule has 0 aliphatic rings. The van der Waals surface area contributed by atoms with E-state index in [0.29, 0.717) is 39.8 Å². The van der Waals surface area contributed by atoms with Crippen molar-refractivity contribution in [3.8, 4) is 5.75 Å². The van der Waals surface area contributed by atoms with Crippen LogP contribution >= 0.6 is 11.6 Å². The lowest BCUT2D eigenvalue weighted by Gasteiger charge is -2.07. The van der Waals surface area contributed by atoms with Gasteiger partial charge in [-0.3, -0.25) is 0 Å². The Hall–Kier alpha value is -2.53. The molecular weight excluding hydrogens is 330 g/mol. The second-order valence-corrected chi connectivity index (χ2v) is 5.51. The van der Waals surface area contributed by atoms with Crippen LogP contribution in [0.3, 0.4) is 0 Å². The van der Waals surface area contributed by atoms with Crippen molar-refractivity contribution < 1.29 is 18.7 Å². The van der Waals surface area contributed by atoms with Crippen molar-refractivity contribution in [3.63, 3.8) is 0 Å². The molecule has 0 unspecified atom stereocenters. The number of carbonyl (C=O) groups excluding carboxylic acids is 1. The van der Waals surface area contributed by atoms with Gasteiger partial charge in [0.2, 0.25) is 0 Å². The van der Waals surface area contributed by atoms with Crippen LogP contribution in [-0.2, 0) is 11.3 Å². The number of nitrogens with zero attached hydrogens (tertiary/aromatic N) is 1. The van der Waals surface area contributed by atoms with E-state index in [9.17, 15) is 4.79 Å². The molecule has 124 valence electrons. The zero-order valence-electron chi connectivity index (χ0n) is 13.3. The summed E-state index contributed by atoms with van der Waals surface area (Å²) in [4.78, 5) is 16.1. The molecule has 0 N–H and O–H groups in total. The Morgan fingerprint density at radius 1 is 1.33 bits per heavy atom. The summed E-state index contributed by atoms with van der Waals surface area (Å²) in [6.45, 7) is 4.09. The maximum Gasteiger partial charge on any atom is 0.342 e. The maximum atomic E-state index is 12.1. The second kappa shape index (κ2) is 6.93. The van der Waals surface area contributed by atoms with Gasteiger partial charge in [0.25, 0.3) is 0 Å². The minimum Gasteiger partial charge on any atom is -0.489 e. The highest BCUT2D eigenvalue weighted by Gasteiger charge is 2.19. The molecule has 3 rings (SSSR count). The Balaban J connectivity index is 1.89. The van der Waals surface area contributed by atoms with E-state index >= 15 is 0 Å². The first-order chi connectivity index (χ1) is 11.6. The van der Waals surface area contributed by atoms with Gasteiger partial charge in [0, 0.05) is 17.1 Å². The Bertz CT molecular complexity index is 888. The topological polar surface area (TPSA) is 61.6 Å². The molecule has 0 saturated carbocycles. The highest BCUT2D eigenvalue weighted by molar-refractivity contribution is 6.30. The number of pyridine rings is 1. The van der Waals surface area contributed by atoms with Crippen molar-refractivity contribution in [1.29, 1.82) is 0 Å². The average Bonchev–Trinajstić information content (AvgIpc) is 2.89. The number of furan rings is 1. The third-order valence-electron chi connectivity index (χ3n) is 3.55. The predicted octanol–water partition coefficient (Wildman–Crippen LogP) is 4.55. The van der Waals surface area contributed by atoms with E-state index in [1.165, 1.54) is 0 Å². The van der Waals surface area contributed by atoms with Crippen LogP contribution < -0.4 is 4.74 Å². The highest BCUT2D eigenvalue weighted by atomic mass is 35.5. The average molecular weight is 346 g/mol. The van der Waals surface area contributed by atoms with Gasteiger partial charge in [-0.25, -0.2) is 9.78 Å². The first kappa shape index (κ1) is 16.3. The summed E-state index contributed by atoms with van der Waals surface area (Å²) in [5.41, 5.74) is 1.83. The van der Waals surface area contributed by atoms with E-state index < -0.39 is 5.97 Å². The summed E-state index contributed by atoms with van der Waals surface area (Å²) in [6, 6.07) is 8.96. The number of ether oxygens (including phenoxy) is 2. The Morgan fingerprint density at radius 2 is 2.17 bits per heavy atom. The molecule has 0 bridgehead atoms. The van der Waals surface area contributed by atoms with Gasteiger partial charge in [-0.05, 0) is 38.1 Å². The minimum absolute atomic E-state index is 0.282. The van der Waals surface area contributed by atoms with Crippen LogP contribution in [0.4, 0.5) is 0 Å². The van der Waals surface area contributed by atoms with Gasteiger partial charge in [-0.2, -0.15) is 0 Å². The van der Waals surface area contributed by atoms with E-state index in [4.69, 9.17) is 25.5 Å². The smallest absolute Gasteiger partial charge is 0.342 e. The number of rotatable bonds is 5. The number of aromatic nitrogens is 1. The van der Waals surface area contributed by atoms with E-state index in [-0.39, 0.29) is 6.61 Å². The zero-order valence-corrected chi connectivity index (χ0v) is 14.1. The number of fused-ring (bicyclic) bond motifs is 1. The van der Waals surface area contributed by atoms with Crippen molar-refractivity contribution in [2.75, 3.05) is 6.61 Å². The monoisotopic (exact) mass is 345 g/mol. The SMILES string of the molecule is CCOC(=O)c1c(C)oc2ccc(OCc3cccnc3Cl)cc12. The van der Waals surface area contributed by atoms with E-state index in [1.54, 1.807) is 44.3 Å². The minimum atomic E-state index is -0.402. The number of benzene rings is 1. The number of esters is 1. The molecule has 0 amide bonds. The first-order valence-electron chi connectivity index (χ1n) is 7.52. The van der Waals surface area contributed by atoms with Crippen LogP contribution in [0.5, 0.6) is 5.75 Å². The van der Waals surface area contributed by atoms with Gasteiger partial charge in [0.05, 0.1) is 6.61 Å². The first-order valence-corrected chi connectivity index (χ1v) is 7.90. The van der Waals surface area contributed by atoms with E-state index in [0.717, 1.165) is 5.56 Å². The van der Waals surface area contributed by atoms with Crippen molar-refractivity contribution in [2.24, 2.45) is 0 Å². The van der Waals surface area contributed by atoms with Crippen LogP contribution in [0.2, 0.25) is 5.15 Å². The Kier molecular flexibility index (Phi) is 4.71. The standard InChI is InChI=1S/C18H16ClNO4/c1-3-22-18(21)16-11(2)24-15-7-6-13(9-14(15)16)23-10-12-5-4-8-20-17(12)19/h4-9H,3,10H2,1-2H3. The van der Waals surface area contributed by atoms with Gasteiger partial charge in [0.15, 0.2) is 0 Å². The molecule has 0 aliphatic carbocycles. The fraction of sp³-hybridized carbons (Fsp3) is 0.222. The third kappa shape index (κ3) is 3.21. The van der Waals surface area contributed by atoms with Crippen LogP contribution in [0.25, 0.3) is 11.0 Å². The van der Waals surface area contributed by atoms with Gasteiger partial charge in [0.1, 0.15) is 34.4 Å². The van der Waals surface area contributed by atoms with Crippen molar-refractivity contribution in [3.05, 3.63) is 58.6 Å².